The molecule has 0 aliphatic rings. The molecule has 1 aromatic heterocycles. The smallest absolute Gasteiger partial charge is 0.170 e. The van der Waals surface area contributed by atoms with Crippen LogP contribution in [0.3, 0.4) is 0 Å². The van der Waals surface area contributed by atoms with Gasteiger partial charge in [-0.25, -0.2) is 4.68 Å². The van der Waals surface area contributed by atoms with Gasteiger partial charge in [0.15, 0.2) is 5.78 Å². The minimum Gasteiger partial charge on any atom is -0.294 e. The van der Waals surface area contributed by atoms with E-state index in [1.165, 1.54) is 3.57 Å². The molecule has 104 valence electrons. The van der Waals surface area contributed by atoms with Gasteiger partial charge in [0.25, 0.3) is 0 Å². The zero-order valence-corrected chi connectivity index (χ0v) is 13.4. The predicted molar refractivity (Wildman–Crippen MR) is 90.8 cm³/mol. The lowest BCUT2D eigenvalue weighted by molar-refractivity contribution is 0.0993. The van der Waals surface area contributed by atoms with E-state index in [0.717, 1.165) is 11.3 Å². The number of ketones is 1. The summed E-state index contributed by atoms with van der Waals surface area (Å²) >= 11 is 2.25. The Hall–Kier alpha value is -1.95. The first kappa shape index (κ1) is 14.0. The van der Waals surface area contributed by atoms with Gasteiger partial charge in [0.05, 0.1) is 17.4 Å². The molecule has 2 aromatic carbocycles. The molecule has 0 N–H and O–H groups in total. The van der Waals surface area contributed by atoms with E-state index in [9.17, 15) is 4.79 Å². The largest absolute Gasteiger partial charge is 0.294 e. The third kappa shape index (κ3) is 3.39. The summed E-state index contributed by atoms with van der Waals surface area (Å²) in [5.41, 5.74) is 2.61. The average Bonchev–Trinajstić information content (AvgIpc) is 3.00. The lowest BCUT2D eigenvalue weighted by Crippen LogP contribution is -2.02. The lowest BCUT2D eigenvalue weighted by atomic mass is 10.1. The fourth-order valence-corrected chi connectivity index (χ4v) is 2.44. The maximum Gasteiger partial charge on any atom is 0.170 e. The Morgan fingerprint density at radius 3 is 2.48 bits per heavy atom. The molecule has 0 spiro atoms. The number of rotatable bonds is 4. The molecule has 0 unspecified atom stereocenters. The molecule has 0 amide bonds. The Morgan fingerprint density at radius 1 is 1.05 bits per heavy atom. The topological polar surface area (TPSA) is 34.9 Å². The van der Waals surface area contributed by atoms with Crippen LogP contribution in [0.1, 0.15) is 15.9 Å². The van der Waals surface area contributed by atoms with Crippen LogP contribution in [0.15, 0.2) is 67.0 Å². The van der Waals surface area contributed by atoms with Crippen LogP contribution < -0.4 is 0 Å². The number of para-hydroxylation sites is 1. The van der Waals surface area contributed by atoms with Gasteiger partial charge in [-0.15, -0.1) is 0 Å². The van der Waals surface area contributed by atoms with Gasteiger partial charge in [0, 0.05) is 16.2 Å². The first-order valence-electron chi connectivity index (χ1n) is 6.60. The highest BCUT2D eigenvalue weighted by molar-refractivity contribution is 14.1. The van der Waals surface area contributed by atoms with Crippen LogP contribution in [-0.2, 0) is 6.42 Å². The van der Waals surface area contributed by atoms with E-state index < -0.39 is 0 Å². The van der Waals surface area contributed by atoms with Crippen molar-refractivity contribution in [3.63, 3.8) is 0 Å². The number of carbonyl (C=O) groups excluding carboxylic acids is 1. The second-order valence-corrected chi connectivity index (χ2v) is 5.98. The molecule has 0 atom stereocenters. The third-order valence-corrected chi connectivity index (χ3v) is 3.92. The van der Waals surface area contributed by atoms with Crippen molar-refractivity contribution in [2.75, 3.05) is 0 Å². The quantitative estimate of drug-likeness (QED) is 0.502. The molecule has 3 rings (SSSR count). The molecule has 1 heterocycles. The second kappa shape index (κ2) is 6.22. The fourth-order valence-electron chi connectivity index (χ4n) is 2.08. The summed E-state index contributed by atoms with van der Waals surface area (Å²) in [6, 6.07) is 17.8. The van der Waals surface area contributed by atoms with Crippen molar-refractivity contribution in [2.24, 2.45) is 0 Å². The van der Waals surface area contributed by atoms with Crippen molar-refractivity contribution in [1.29, 1.82) is 0 Å². The van der Waals surface area contributed by atoms with E-state index in [0.29, 0.717) is 12.0 Å². The summed E-state index contributed by atoms with van der Waals surface area (Å²) in [7, 11) is 0. The van der Waals surface area contributed by atoms with Crippen molar-refractivity contribution < 1.29 is 4.79 Å². The van der Waals surface area contributed by atoms with E-state index in [-0.39, 0.29) is 5.78 Å². The number of carbonyl (C=O) groups is 1. The van der Waals surface area contributed by atoms with Gasteiger partial charge in [-0.3, -0.25) is 4.79 Å². The van der Waals surface area contributed by atoms with Crippen LogP contribution in [0.25, 0.3) is 5.69 Å². The predicted octanol–water partition coefficient (Wildman–Crippen LogP) is 3.90. The molecule has 21 heavy (non-hydrogen) atoms. The monoisotopic (exact) mass is 388 g/mol. The molecule has 0 aliphatic carbocycles. The number of benzene rings is 2. The lowest BCUT2D eigenvalue weighted by Gasteiger charge is -2.00. The minimum atomic E-state index is 0.0818. The summed E-state index contributed by atoms with van der Waals surface area (Å²) in [5, 5.41) is 4.26. The zero-order valence-electron chi connectivity index (χ0n) is 11.2. The van der Waals surface area contributed by atoms with Gasteiger partial charge in [0.2, 0.25) is 0 Å². The van der Waals surface area contributed by atoms with Gasteiger partial charge < -0.3 is 0 Å². The molecule has 0 radical (unpaired) electrons. The van der Waals surface area contributed by atoms with Crippen LogP contribution >= 0.6 is 22.6 Å². The average molecular weight is 388 g/mol. The number of hydrogen-bond acceptors (Lipinski definition) is 2. The van der Waals surface area contributed by atoms with Gasteiger partial charge in [-0.2, -0.15) is 5.10 Å². The molecule has 3 aromatic rings. The maximum atomic E-state index is 12.3. The summed E-state index contributed by atoms with van der Waals surface area (Å²) in [6.07, 6.45) is 3.81. The summed E-state index contributed by atoms with van der Waals surface area (Å²) < 4.78 is 2.89. The van der Waals surface area contributed by atoms with Crippen LogP contribution in [-0.4, -0.2) is 15.6 Å². The number of aromatic nitrogens is 2. The standard InChI is InChI=1S/C17H13IN2O/c18-15-8-6-13(7-9-15)10-17(21)14-11-19-20(12-14)16-4-2-1-3-5-16/h1-9,11-12H,10H2. The molecule has 4 heteroatoms. The molecule has 3 nitrogen and oxygen atoms in total. The van der Waals surface area contributed by atoms with Crippen molar-refractivity contribution in [3.8, 4) is 5.69 Å². The van der Waals surface area contributed by atoms with Crippen LogP contribution in [0.5, 0.6) is 0 Å². The van der Waals surface area contributed by atoms with Gasteiger partial charge in [-0.05, 0) is 52.4 Å². The van der Waals surface area contributed by atoms with E-state index in [1.807, 2.05) is 54.6 Å². The normalized spacial score (nSPS) is 10.5. The maximum absolute atomic E-state index is 12.3. The molecule has 0 saturated heterocycles. The molecule has 0 fully saturated rings. The van der Waals surface area contributed by atoms with Crippen molar-refractivity contribution in [1.82, 2.24) is 9.78 Å². The van der Waals surface area contributed by atoms with E-state index >= 15 is 0 Å². The SMILES string of the molecule is O=C(Cc1ccc(I)cc1)c1cnn(-c2ccccc2)c1. The number of nitrogens with zero attached hydrogens (tertiary/aromatic N) is 2. The first-order chi connectivity index (χ1) is 10.2. The molecule has 0 bridgehead atoms. The van der Waals surface area contributed by atoms with Crippen LogP contribution in [0.2, 0.25) is 0 Å². The Balaban J connectivity index is 1.77. The van der Waals surface area contributed by atoms with Crippen molar-refractivity contribution >= 4 is 28.4 Å². The molecule has 0 saturated carbocycles. The Morgan fingerprint density at radius 2 is 1.76 bits per heavy atom. The van der Waals surface area contributed by atoms with Crippen molar-refractivity contribution in [3.05, 3.63) is 81.7 Å². The summed E-state index contributed by atoms with van der Waals surface area (Å²) in [5.74, 6) is 0.0818. The van der Waals surface area contributed by atoms with Crippen LogP contribution in [0.4, 0.5) is 0 Å². The number of Topliss-reactive ketones (excluding diaryl/α,β-unsaturated/α-hetero) is 1. The summed E-state index contributed by atoms with van der Waals surface area (Å²) in [4.78, 5) is 12.3. The van der Waals surface area contributed by atoms with Crippen LogP contribution in [0, 0.1) is 3.57 Å². The molecular weight excluding hydrogens is 375 g/mol. The second-order valence-electron chi connectivity index (χ2n) is 4.74. The highest BCUT2D eigenvalue weighted by Crippen LogP contribution is 2.12. The van der Waals surface area contributed by atoms with Gasteiger partial charge >= 0.3 is 0 Å². The number of hydrogen-bond donors (Lipinski definition) is 0. The zero-order chi connectivity index (χ0) is 14.7. The Labute approximate surface area is 136 Å². The minimum absolute atomic E-state index is 0.0818. The summed E-state index contributed by atoms with van der Waals surface area (Å²) in [6.45, 7) is 0. The van der Waals surface area contributed by atoms with Crippen molar-refractivity contribution in [2.45, 2.75) is 6.42 Å². The highest BCUT2D eigenvalue weighted by atomic mass is 127. The third-order valence-electron chi connectivity index (χ3n) is 3.20. The Kier molecular flexibility index (Phi) is 4.15. The molecular formula is C17H13IN2O. The molecule has 0 aliphatic heterocycles. The Bertz CT molecular complexity index is 748. The van der Waals surface area contributed by atoms with Gasteiger partial charge in [0.1, 0.15) is 0 Å². The van der Waals surface area contributed by atoms with E-state index in [4.69, 9.17) is 0 Å². The fraction of sp³-hybridized carbons (Fsp3) is 0.0588. The van der Waals surface area contributed by atoms with Gasteiger partial charge in [-0.1, -0.05) is 30.3 Å². The first-order valence-corrected chi connectivity index (χ1v) is 7.68. The number of halogens is 1. The van der Waals surface area contributed by atoms with E-state index in [2.05, 4.69) is 27.7 Å². The highest BCUT2D eigenvalue weighted by Gasteiger charge is 2.10. The van der Waals surface area contributed by atoms with E-state index in [1.54, 1.807) is 17.1 Å².